The number of anilines is 2. The van der Waals surface area contributed by atoms with Gasteiger partial charge in [0.25, 0.3) is 0 Å². The van der Waals surface area contributed by atoms with Crippen molar-refractivity contribution in [2.45, 2.75) is 25.7 Å². The maximum atomic E-state index is 12.1. The van der Waals surface area contributed by atoms with Gasteiger partial charge in [-0.15, -0.1) is 0 Å². The normalized spacial score (nSPS) is 22.7. The number of amides is 1. The van der Waals surface area contributed by atoms with Gasteiger partial charge in [-0.1, -0.05) is 0 Å². The number of sulfonamides is 1. The van der Waals surface area contributed by atoms with E-state index < -0.39 is 10.0 Å². The van der Waals surface area contributed by atoms with Crippen molar-refractivity contribution in [1.82, 2.24) is 0 Å². The number of benzene rings is 1. The van der Waals surface area contributed by atoms with E-state index in [4.69, 9.17) is 5.14 Å². The van der Waals surface area contributed by atoms with Gasteiger partial charge in [-0.05, 0) is 43.5 Å². The minimum absolute atomic E-state index is 0.0376. The zero-order valence-electron chi connectivity index (χ0n) is 13.1. The van der Waals surface area contributed by atoms with Crippen LogP contribution in [0.3, 0.4) is 0 Å². The van der Waals surface area contributed by atoms with Crippen LogP contribution < -0.4 is 14.9 Å². The van der Waals surface area contributed by atoms with Crippen molar-refractivity contribution in [3.8, 4) is 0 Å². The average molecular weight is 337 g/mol. The van der Waals surface area contributed by atoms with Crippen LogP contribution in [0.1, 0.15) is 25.7 Å². The summed E-state index contributed by atoms with van der Waals surface area (Å²) in [6.45, 7) is 2.58. The van der Waals surface area contributed by atoms with Gasteiger partial charge in [0.2, 0.25) is 15.9 Å². The number of nitrogens with zero attached hydrogens (tertiary/aromatic N) is 2. The van der Waals surface area contributed by atoms with E-state index in [0.29, 0.717) is 6.54 Å². The molecule has 1 aromatic rings. The second-order valence-electron chi connectivity index (χ2n) is 6.47. The molecule has 2 heterocycles. The Morgan fingerprint density at radius 2 is 1.65 bits per heavy atom. The molecular formula is C16H23N3O3S. The fraction of sp³-hybridized carbons (Fsp3) is 0.562. The van der Waals surface area contributed by atoms with Crippen LogP contribution in [0.2, 0.25) is 0 Å². The predicted molar refractivity (Wildman–Crippen MR) is 90.9 cm³/mol. The molecule has 2 fully saturated rings. The fourth-order valence-electron chi connectivity index (χ4n) is 3.47. The van der Waals surface area contributed by atoms with Gasteiger partial charge in [0, 0.05) is 43.3 Å². The Labute approximate surface area is 137 Å². The number of carbonyl (C=O) groups excluding carboxylic acids is 1. The third-order valence-corrected chi connectivity index (χ3v) is 5.49. The van der Waals surface area contributed by atoms with Gasteiger partial charge in [0.15, 0.2) is 0 Å². The highest BCUT2D eigenvalue weighted by atomic mass is 32.2. The summed E-state index contributed by atoms with van der Waals surface area (Å²) in [6, 6.07) is 7.98. The van der Waals surface area contributed by atoms with Crippen molar-refractivity contribution in [3.05, 3.63) is 24.3 Å². The zero-order valence-corrected chi connectivity index (χ0v) is 14.0. The molecule has 126 valence electrons. The maximum Gasteiger partial charge on any atom is 0.227 e. The minimum Gasteiger partial charge on any atom is -0.372 e. The van der Waals surface area contributed by atoms with Crippen molar-refractivity contribution in [3.63, 3.8) is 0 Å². The molecule has 0 aliphatic carbocycles. The molecule has 1 aromatic carbocycles. The lowest BCUT2D eigenvalue weighted by molar-refractivity contribution is -0.117. The first-order valence-corrected chi connectivity index (χ1v) is 9.80. The lowest BCUT2D eigenvalue weighted by atomic mass is 10.1. The number of hydrogen-bond acceptors (Lipinski definition) is 4. The van der Waals surface area contributed by atoms with Gasteiger partial charge in [0.1, 0.15) is 0 Å². The van der Waals surface area contributed by atoms with Crippen LogP contribution in [-0.4, -0.2) is 39.7 Å². The minimum atomic E-state index is -3.54. The standard InChI is InChI=1S/C16H23N3O3S/c17-23(21,22)12-13-10-16(20)19(11-13)15-6-4-14(5-7-15)18-8-2-1-3-9-18/h4-7,13H,1-3,8-12H2,(H2,17,21,22). The molecule has 1 atom stereocenters. The maximum absolute atomic E-state index is 12.1. The van der Waals surface area contributed by atoms with Crippen molar-refractivity contribution >= 4 is 27.3 Å². The fourth-order valence-corrected chi connectivity index (χ4v) is 4.35. The molecular weight excluding hydrogens is 314 g/mol. The smallest absolute Gasteiger partial charge is 0.227 e. The zero-order chi connectivity index (χ0) is 16.4. The molecule has 23 heavy (non-hydrogen) atoms. The van der Waals surface area contributed by atoms with Crippen LogP contribution in [-0.2, 0) is 14.8 Å². The Morgan fingerprint density at radius 3 is 2.26 bits per heavy atom. The van der Waals surface area contributed by atoms with Gasteiger partial charge in [-0.3, -0.25) is 4.79 Å². The Balaban J connectivity index is 1.68. The van der Waals surface area contributed by atoms with E-state index in [1.807, 2.05) is 24.3 Å². The molecule has 0 bridgehead atoms. The number of primary sulfonamides is 1. The van der Waals surface area contributed by atoms with Crippen LogP contribution in [0.25, 0.3) is 0 Å². The first-order chi connectivity index (χ1) is 10.9. The first kappa shape index (κ1) is 16.3. The summed E-state index contributed by atoms with van der Waals surface area (Å²) >= 11 is 0. The van der Waals surface area contributed by atoms with Crippen molar-refractivity contribution in [1.29, 1.82) is 0 Å². The SMILES string of the molecule is NS(=O)(=O)CC1CC(=O)N(c2ccc(N3CCCCC3)cc2)C1. The molecule has 0 spiro atoms. The molecule has 0 aromatic heterocycles. The van der Waals surface area contributed by atoms with Gasteiger partial charge < -0.3 is 9.80 Å². The molecule has 1 unspecified atom stereocenters. The van der Waals surface area contributed by atoms with E-state index in [9.17, 15) is 13.2 Å². The van der Waals surface area contributed by atoms with Gasteiger partial charge in [-0.2, -0.15) is 0 Å². The number of nitrogens with two attached hydrogens (primary N) is 1. The summed E-state index contributed by atoms with van der Waals surface area (Å²) in [6.07, 6.45) is 3.98. The van der Waals surface area contributed by atoms with E-state index in [-0.39, 0.29) is 24.0 Å². The highest BCUT2D eigenvalue weighted by Gasteiger charge is 2.32. The molecule has 1 amide bonds. The molecule has 2 aliphatic heterocycles. The average Bonchev–Trinajstić information content (AvgIpc) is 2.87. The van der Waals surface area contributed by atoms with Crippen LogP contribution in [0, 0.1) is 5.92 Å². The van der Waals surface area contributed by atoms with Gasteiger partial charge in [-0.25, -0.2) is 13.6 Å². The Bertz CT molecular complexity index is 666. The largest absolute Gasteiger partial charge is 0.372 e. The van der Waals surface area contributed by atoms with Crippen molar-refractivity contribution in [2.75, 3.05) is 35.2 Å². The molecule has 2 saturated heterocycles. The van der Waals surface area contributed by atoms with Gasteiger partial charge in [0.05, 0.1) is 5.75 Å². The van der Waals surface area contributed by atoms with Crippen LogP contribution in [0.5, 0.6) is 0 Å². The molecule has 7 heteroatoms. The molecule has 0 radical (unpaired) electrons. The van der Waals surface area contributed by atoms with E-state index in [1.165, 1.54) is 24.9 Å². The quantitative estimate of drug-likeness (QED) is 0.898. The Kier molecular flexibility index (Phi) is 4.59. The van der Waals surface area contributed by atoms with E-state index in [1.54, 1.807) is 4.90 Å². The van der Waals surface area contributed by atoms with Crippen molar-refractivity contribution in [2.24, 2.45) is 11.1 Å². The summed E-state index contributed by atoms with van der Waals surface area (Å²) in [7, 11) is -3.54. The highest BCUT2D eigenvalue weighted by molar-refractivity contribution is 7.89. The summed E-state index contributed by atoms with van der Waals surface area (Å²) in [4.78, 5) is 16.2. The Morgan fingerprint density at radius 1 is 1.04 bits per heavy atom. The first-order valence-electron chi connectivity index (χ1n) is 8.08. The molecule has 0 saturated carbocycles. The molecule has 3 rings (SSSR count). The van der Waals surface area contributed by atoms with E-state index in [0.717, 1.165) is 18.8 Å². The van der Waals surface area contributed by atoms with E-state index in [2.05, 4.69) is 4.90 Å². The molecule has 6 nitrogen and oxygen atoms in total. The van der Waals surface area contributed by atoms with Crippen LogP contribution in [0.15, 0.2) is 24.3 Å². The lowest BCUT2D eigenvalue weighted by Gasteiger charge is -2.29. The number of hydrogen-bond donors (Lipinski definition) is 1. The van der Waals surface area contributed by atoms with Crippen LogP contribution in [0.4, 0.5) is 11.4 Å². The summed E-state index contributed by atoms with van der Waals surface area (Å²) in [5.74, 6) is -0.398. The van der Waals surface area contributed by atoms with Crippen molar-refractivity contribution < 1.29 is 13.2 Å². The molecule has 2 N–H and O–H groups in total. The summed E-state index contributed by atoms with van der Waals surface area (Å²) in [5, 5.41) is 5.08. The second-order valence-corrected chi connectivity index (χ2v) is 8.13. The number of piperidine rings is 1. The lowest BCUT2D eigenvalue weighted by Crippen LogP contribution is -2.29. The third-order valence-electron chi connectivity index (χ3n) is 4.56. The van der Waals surface area contributed by atoms with Crippen LogP contribution >= 0.6 is 0 Å². The van der Waals surface area contributed by atoms with Gasteiger partial charge >= 0.3 is 0 Å². The van der Waals surface area contributed by atoms with E-state index >= 15 is 0 Å². The third kappa shape index (κ3) is 4.03. The monoisotopic (exact) mass is 337 g/mol. The second kappa shape index (κ2) is 6.49. The number of carbonyl (C=O) groups is 1. The summed E-state index contributed by atoms with van der Waals surface area (Å²) in [5.41, 5.74) is 2.01. The topological polar surface area (TPSA) is 83.7 Å². The molecule has 2 aliphatic rings. The summed E-state index contributed by atoms with van der Waals surface area (Å²) < 4.78 is 22.4. The highest BCUT2D eigenvalue weighted by Crippen LogP contribution is 2.28. The predicted octanol–water partition coefficient (Wildman–Crippen LogP) is 1.32. The number of rotatable bonds is 4. The Hall–Kier alpha value is -1.60.